The summed E-state index contributed by atoms with van der Waals surface area (Å²) >= 11 is 0. The molecule has 0 N–H and O–H groups in total. The zero-order valence-corrected chi connectivity index (χ0v) is 10.4. The van der Waals surface area contributed by atoms with Gasteiger partial charge in [0.25, 0.3) is 0 Å². The molecule has 0 aromatic rings. The summed E-state index contributed by atoms with van der Waals surface area (Å²) in [4.78, 5) is 0. The van der Waals surface area contributed by atoms with Crippen LogP contribution in [0.5, 0.6) is 0 Å². The van der Waals surface area contributed by atoms with Gasteiger partial charge >= 0.3 is 58.4 Å². The van der Waals surface area contributed by atoms with Gasteiger partial charge in [-0.05, 0) is 12.8 Å². The number of hydrogen-bond donors (Lipinski definition) is 0. The van der Waals surface area contributed by atoms with E-state index in [9.17, 15) is 12.9 Å². The fraction of sp³-hybridized carbons (Fsp3) is 1.00. The van der Waals surface area contributed by atoms with Crippen LogP contribution in [0.2, 0.25) is 6.32 Å². The minimum atomic E-state index is -4.58. The molecule has 0 radical (unpaired) electrons. The second kappa shape index (κ2) is 6.03. The molecule has 0 amide bonds. The predicted octanol–water partition coefficient (Wildman–Crippen LogP) is -0.736. The van der Waals surface area contributed by atoms with E-state index in [0.29, 0.717) is 26.1 Å². The van der Waals surface area contributed by atoms with Gasteiger partial charge in [-0.2, -0.15) is 0 Å². The fourth-order valence-corrected chi connectivity index (χ4v) is 1.36. The zero-order valence-electron chi connectivity index (χ0n) is 7.23. The van der Waals surface area contributed by atoms with Crippen LogP contribution < -0.4 is 51.4 Å². The quantitative estimate of drug-likeness (QED) is 0.541. The molecule has 0 atom stereocenters. The minimum absolute atomic E-state index is 0. The van der Waals surface area contributed by atoms with E-state index in [4.69, 9.17) is 4.74 Å². The van der Waals surface area contributed by atoms with Gasteiger partial charge < -0.3 is 17.7 Å². The third-order valence-corrected chi connectivity index (χ3v) is 1.94. The number of hydrogen-bond acceptors (Lipinski definition) is 1. The van der Waals surface area contributed by atoms with Crippen LogP contribution in [-0.4, -0.2) is 20.2 Å². The molecular formula is C6H11BF3KO. The summed E-state index contributed by atoms with van der Waals surface area (Å²) in [5.41, 5.74) is 0. The summed E-state index contributed by atoms with van der Waals surface area (Å²) in [7, 11) is 0. The molecule has 1 aliphatic heterocycles. The summed E-state index contributed by atoms with van der Waals surface area (Å²) in [6.45, 7) is -3.59. The molecule has 0 aromatic carbocycles. The van der Waals surface area contributed by atoms with Crippen molar-refractivity contribution in [2.45, 2.75) is 19.2 Å². The van der Waals surface area contributed by atoms with Crippen LogP contribution in [0.4, 0.5) is 12.9 Å². The smallest absolute Gasteiger partial charge is 0.449 e. The van der Waals surface area contributed by atoms with Gasteiger partial charge in [0, 0.05) is 13.2 Å². The van der Waals surface area contributed by atoms with Crippen molar-refractivity contribution in [3.05, 3.63) is 0 Å². The molecule has 66 valence electrons. The van der Waals surface area contributed by atoms with Gasteiger partial charge in [0.1, 0.15) is 0 Å². The Morgan fingerprint density at radius 3 is 2.08 bits per heavy atom. The maximum absolute atomic E-state index is 11.9. The van der Waals surface area contributed by atoms with Gasteiger partial charge in [-0.15, -0.1) is 0 Å². The van der Waals surface area contributed by atoms with E-state index < -0.39 is 13.3 Å². The van der Waals surface area contributed by atoms with E-state index in [1.54, 1.807) is 0 Å². The first-order valence-corrected chi connectivity index (χ1v) is 3.86. The van der Waals surface area contributed by atoms with Gasteiger partial charge in [-0.25, -0.2) is 0 Å². The van der Waals surface area contributed by atoms with Crippen molar-refractivity contribution >= 4 is 6.98 Å². The van der Waals surface area contributed by atoms with Crippen molar-refractivity contribution in [2.75, 3.05) is 13.2 Å². The average molecular weight is 206 g/mol. The summed E-state index contributed by atoms with van der Waals surface area (Å²) in [5.74, 6) is -0.177. The SMILES string of the molecule is F[B-](F)(F)CC1CCOCC1.[K+]. The molecule has 0 aromatic heterocycles. The van der Waals surface area contributed by atoms with Gasteiger partial charge in [-0.3, -0.25) is 0 Å². The Hall–Kier alpha value is 1.45. The fourth-order valence-electron chi connectivity index (χ4n) is 1.36. The molecule has 1 aliphatic rings. The molecule has 0 bridgehead atoms. The molecule has 1 rings (SSSR count). The van der Waals surface area contributed by atoms with Crippen LogP contribution in [0.3, 0.4) is 0 Å². The second-order valence-corrected chi connectivity index (χ2v) is 3.00. The molecule has 0 spiro atoms. The third-order valence-electron chi connectivity index (χ3n) is 1.94. The zero-order chi connectivity index (χ0) is 8.32. The molecule has 6 heteroatoms. The Morgan fingerprint density at radius 1 is 1.17 bits per heavy atom. The topological polar surface area (TPSA) is 9.23 Å². The summed E-state index contributed by atoms with van der Waals surface area (Å²) in [6.07, 6.45) is 0.561. The van der Waals surface area contributed by atoms with Gasteiger partial charge in [-0.1, -0.05) is 12.2 Å². The maximum Gasteiger partial charge on any atom is 1.00 e. The van der Waals surface area contributed by atoms with E-state index in [1.807, 2.05) is 0 Å². The molecule has 1 heterocycles. The molecule has 1 nitrogen and oxygen atoms in total. The first kappa shape index (κ1) is 13.5. The van der Waals surface area contributed by atoms with E-state index in [0.717, 1.165) is 0 Å². The van der Waals surface area contributed by atoms with Crippen molar-refractivity contribution in [1.29, 1.82) is 0 Å². The molecule has 1 fully saturated rings. The van der Waals surface area contributed by atoms with Crippen LogP contribution in [0, 0.1) is 5.92 Å². The van der Waals surface area contributed by atoms with E-state index >= 15 is 0 Å². The van der Waals surface area contributed by atoms with Crippen molar-refractivity contribution in [1.82, 2.24) is 0 Å². The molecule has 0 aliphatic carbocycles. The molecular weight excluding hydrogens is 195 g/mol. The number of halogens is 3. The van der Waals surface area contributed by atoms with Crippen molar-refractivity contribution < 1.29 is 69.1 Å². The first-order chi connectivity index (χ1) is 5.08. The third kappa shape index (κ3) is 5.99. The molecule has 12 heavy (non-hydrogen) atoms. The Morgan fingerprint density at radius 2 is 1.67 bits per heavy atom. The monoisotopic (exact) mass is 206 g/mol. The molecule has 0 saturated carbocycles. The number of ether oxygens (including phenoxy) is 1. The van der Waals surface area contributed by atoms with Crippen LogP contribution >= 0.6 is 0 Å². The second-order valence-electron chi connectivity index (χ2n) is 3.00. The average Bonchev–Trinajstić information content (AvgIpc) is 1.85. The Labute approximate surface area is 113 Å². The van der Waals surface area contributed by atoms with E-state index in [1.165, 1.54) is 0 Å². The van der Waals surface area contributed by atoms with E-state index in [2.05, 4.69) is 0 Å². The Balaban J connectivity index is 0.00000121. The summed E-state index contributed by atoms with van der Waals surface area (Å²) in [5, 5.41) is 0. The summed E-state index contributed by atoms with van der Waals surface area (Å²) in [6, 6.07) is 0. The summed E-state index contributed by atoms with van der Waals surface area (Å²) < 4.78 is 40.5. The molecule has 0 unspecified atom stereocenters. The van der Waals surface area contributed by atoms with Crippen molar-refractivity contribution in [3.63, 3.8) is 0 Å². The Bertz CT molecular complexity index is 124. The predicted molar refractivity (Wildman–Crippen MR) is 37.4 cm³/mol. The van der Waals surface area contributed by atoms with E-state index in [-0.39, 0.29) is 57.3 Å². The van der Waals surface area contributed by atoms with Crippen molar-refractivity contribution in [2.24, 2.45) is 5.92 Å². The van der Waals surface area contributed by atoms with Crippen LogP contribution in [-0.2, 0) is 4.74 Å². The van der Waals surface area contributed by atoms with Gasteiger partial charge in [0.05, 0.1) is 0 Å². The molecule has 1 saturated heterocycles. The standard InChI is InChI=1S/C6H11BF3O.K/c8-7(9,10)5-6-1-3-11-4-2-6;/h6H,1-5H2;/q-1;+1. The van der Waals surface area contributed by atoms with Crippen LogP contribution in [0.25, 0.3) is 0 Å². The first-order valence-electron chi connectivity index (χ1n) is 3.86. The van der Waals surface area contributed by atoms with Gasteiger partial charge in [0.2, 0.25) is 0 Å². The minimum Gasteiger partial charge on any atom is -0.449 e. The largest absolute Gasteiger partial charge is 1.00 e. The van der Waals surface area contributed by atoms with Gasteiger partial charge in [0.15, 0.2) is 0 Å². The van der Waals surface area contributed by atoms with Crippen LogP contribution in [0.15, 0.2) is 0 Å². The normalized spacial score (nSPS) is 20.2. The number of rotatable bonds is 2. The maximum atomic E-state index is 11.9. The Kier molecular flexibility index (Phi) is 6.76. The van der Waals surface area contributed by atoms with Crippen molar-refractivity contribution in [3.8, 4) is 0 Å². The van der Waals surface area contributed by atoms with Crippen LogP contribution in [0.1, 0.15) is 12.8 Å².